The highest BCUT2D eigenvalue weighted by Crippen LogP contribution is 2.34. The van der Waals surface area contributed by atoms with Crippen LogP contribution in [0.1, 0.15) is 45.2 Å². The molecule has 21 heavy (non-hydrogen) atoms. The maximum atomic E-state index is 5.86. The summed E-state index contributed by atoms with van der Waals surface area (Å²) in [5, 5.41) is 6.08. The maximum absolute atomic E-state index is 5.86. The average Bonchev–Trinajstić information content (AvgIpc) is 2.55. The summed E-state index contributed by atoms with van der Waals surface area (Å²) in [7, 11) is 1.79. The molecule has 0 radical (unpaired) electrons. The van der Waals surface area contributed by atoms with Gasteiger partial charge in [0.25, 0.3) is 0 Å². The summed E-state index contributed by atoms with van der Waals surface area (Å²) in [6, 6.07) is 8.54. The van der Waals surface area contributed by atoms with Gasteiger partial charge in [-0.1, -0.05) is 38.1 Å². The van der Waals surface area contributed by atoms with Crippen LogP contribution in [0.3, 0.4) is 0 Å². The van der Waals surface area contributed by atoms with Crippen LogP contribution in [0.2, 0.25) is 0 Å². The third-order valence-electron chi connectivity index (χ3n) is 4.39. The number of hydrogen-bond acceptors (Lipinski definition) is 3. The first-order valence-corrected chi connectivity index (χ1v) is 7.77. The van der Waals surface area contributed by atoms with E-state index in [4.69, 9.17) is 4.74 Å². The molecule has 2 rings (SSSR count). The Balaban J connectivity index is 2.53. The highest BCUT2D eigenvalue weighted by molar-refractivity contribution is 5.85. The number of hydrogen-bond donors (Lipinski definition) is 1. The lowest BCUT2D eigenvalue weighted by Crippen LogP contribution is -2.43. The lowest BCUT2D eigenvalue weighted by atomic mass is 9.86. The molecule has 0 aliphatic rings. The quantitative estimate of drug-likeness (QED) is 0.832. The van der Waals surface area contributed by atoms with E-state index in [1.54, 1.807) is 7.11 Å². The molecule has 0 aliphatic carbocycles. The standard InChI is InChI=1S/C18H26N2O/c1-5-11-20-17(18(3,6-2)21-4)16-13-19-12-14-9-7-8-10-15(14)16/h7-10,12-13,17,20H,5-6,11H2,1-4H3. The smallest absolute Gasteiger partial charge is 0.0842 e. The minimum absolute atomic E-state index is 0.131. The molecule has 0 aliphatic heterocycles. The molecule has 1 aromatic heterocycles. The summed E-state index contributed by atoms with van der Waals surface area (Å²) >= 11 is 0. The Morgan fingerprint density at radius 3 is 2.67 bits per heavy atom. The van der Waals surface area contributed by atoms with Gasteiger partial charge in [-0.25, -0.2) is 0 Å². The Labute approximate surface area is 127 Å². The molecular weight excluding hydrogens is 260 g/mol. The van der Waals surface area contributed by atoms with E-state index in [0.29, 0.717) is 0 Å². The van der Waals surface area contributed by atoms with E-state index in [-0.39, 0.29) is 11.6 Å². The maximum Gasteiger partial charge on any atom is 0.0842 e. The number of pyridine rings is 1. The van der Waals surface area contributed by atoms with Gasteiger partial charge in [-0.3, -0.25) is 4.98 Å². The van der Waals surface area contributed by atoms with E-state index in [1.165, 1.54) is 16.3 Å². The Bertz CT molecular complexity index is 573. The van der Waals surface area contributed by atoms with Crippen LogP contribution in [0.25, 0.3) is 10.8 Å². The van der Waals surface area contributed by atoms with Crippen molar-refractivity contribution in [3.63, 3.8) is 0 Å². The number of aromatic nitrogens is 1. The molecule has 0 fully saturated rings. The molecule has 0 amide bonds. The molecule has 0 spiro atoms. The van der Waals surface area contributed by atoms with Crippen LogP contribution >= 0.6 is 0 Å². The predicted molar refractivity (Wildman–Crippen MR) is 88.5 cm³/mol. The molecule has 0 saturated carbocycles. The molecule has 1 N–H and O–H groups in total. The molecule has 2 aromatic rings. The van der Waals surface area contributed by atoms with Crippen molar-refractivity contribution in [3.8, 4) is 0 Å². The first-order valence-electron chi connectivity index (χ1n) is 7.77. The van der Waals surface area contributed by atoms with Crippen LogP contribution in [0.4, 0.5) is 0 Å². The number of methoxy groups -OCH3 is 1. The molecule has 3 heteroatoms. The second-order valence-electron chi connectivity index (χ2n) is 5.71. The van der Waals surface area contributed by atoms with Crippen LogP contribution in [-0.4, -0.2) is 24.2 Å². The van der Waals surface area contributed by atoms with Crippen molar-refractivity contribution >= 4 is 10.8 Å². The second-order valence-corrected chi connectivity index (χ2v) is 5.71. The summed E-state index contributed by atoms with van der Waals surface area (Å²) in [6.07, 6.45) is 5.93. The van der Waals surface area contributed by atoms with Gasteiger partial charge in [0.05, 0.1) is 11.6 Å². The van der Waals surface area contributed by atoms with Crippen molar-refractivity contribution in [2.24, 2.45) is 0 Å². The highest BCUT2D eigenvalue weighted by atomic mass is 16.5. The third kappa shape index (κ3) is 3.25. The van der Waals surface area contributed by atoms with Gasteiger partial charge in [0.15, 0.2) is 0 Å². The topological polar surface area (TPSA) is 34.2 Å². The summed E-state index contributed by atoms with van der Waals surface area (Å²) < 4.78 is 5.86. The monoisotopic (exact) mass is 286 g/mol. The van der Waals surface area contributed by atoms with E-state index in [9.17, 15) is 0 Å². The van der Waals surface area contributed by atoms with Crippen LogP contribution in [0.15, 0.2) is 36.7 Å². The molecule has 0 saturated heterocycles. The van der Waals surface area contributed by atoms with Gasteiger partial charge in [-0.05, 0) is 37.3 Å². The Morgan fingerprint density at radius 1 is 1.24 bits per heavy atom. The lowest BCUT2D eigenvalue weighted by Gasteiger charge is -2.37. The molecule has 1 aromatic carbocycles. The Hall–Kier alpha value is -1.45. The van der Waals surface area contributed by atoms with Gasteiger partial charge in [-0.15, -0.1) is 0 Å². The molecule has 1 heterocycles. The van der Waals surface area contributed by atoms with Gasteiger partial charge < -0.3 is 10.1 Å². The summed E-state index contributed by atoms with van der Waals surface area (Å²) in [6.45, 7) is 7.49. The van der Waals surface area contributed by atoms with Crippen LogP contribution < -0.4 is 5.32 Å². The number of rotatable bonds is 7. The van der Waals surface area contributed by atoms with Crippen molar-refractivity contribution < 1.29 is 4.74 Å². The van der Waals surface area contributed by atoms with Crippen LogP contribution in [-0.2, 0) is 4.74 Å². The molecule has 2 unspecified atom stereocenters. The van der Waals surface area contributed by atoms with E-state index in [0.717, 1.165) is 19.4 Å². The minimum atomic E-state index is -0.249. The fraction of sp³-hybridized carbons (Fsp3) is 0.500. The molecule has 3 nitrogen and oxygen atoms in total. The SMILES string of the molecule is CCCNC(c1cncc2ccccc12)C(C)(CC)OC. The number of fused-ring (bicyclic) bond motifs is 1. The number of benzene rings is 1. The van der Waals surface area contributed by atoms with E-state index >= 15 is 0 Å². The zero-order valence-electron chi connectivity index (χ0n) is 13.5. The van der Waals surface area contributed by atoms with Gasteiger partial charge in [0.2, 0.25) is 0 Å². The third-order valence-corrected chi connectivity index (χ3v) is 4.39. The molecule has 114 valence electrons. The van der Waals surface area contributed by atoms with Gasteiger partial charge in [-0.2, -0.15) is 0 Å². The number of nitrogens with one attached hydrogen (secondary N) is 1. The van der Waals surface area contributed by atoms with E-state index < -0.39 is 0 Å². The van der Waals surface area contributed by atoms with Gasteiger partial charge >= 0.3 is 0 Å². The van der Waals surface area contributed by atoms with Crippen molar-refractivity contribution in [2.75, 3.05) is 13.7 Å². The van der Waals surface area contributed by atoms with Crippen molar-refractivity contribution in [1.29, 1.82) is 0 Å². The molecular formula is C18H26N2O. The highest BCUT2D eigenvalue weighted by Gasteiger charge is 2.34. The fourth-order valence-electron chi connectivity index (χ4n) is 2.78. The largest absolute Gasteiger partial charge is 0.377 e. The van der Waals surface area contributed by atoms with Crippen molar-refractivity contribution in [2.45, 2.75) is 45.3 Å². The summed E-state index contributed by atoms with van der Waals surface area (Å²) in [4.78, 5) is 4.43. The summed E-state index contributed by atoms with van der Waals surface area (Å²) in [5.74, 6) is 0. The van der Waals surface area contributed by atoms with Crippen LogP contribution in [0.5, 0.6) is 0 Å². The Kier molecular flexibility index (Phi) is 5.32. The fourth-order valence-corrected chi connectivity index (χ4v) is 2.78. The van der Waals surface area contributed by atoms with E-state index in [2.05, 4.69) is 55.3 Å². The van der Waals surface area contributed by atoms with E-state index in [1.807, 2.05) is 12.4 Å². The zero-order chi connectivity index (χ0) is 15.3. The molecule has 2 atom stereocenters. The minimum Gasteiger partial charge on any atom is -0.377 e. The normalized spacial score (nSPS) is 15.8. The number of nitrogens with zero attached hydrogens (tertiary/aromatic N) is 1. The number of ether oxygens (including phenoxy) is 1. The first-order chi connectivity index (χ1) is 10.2. The zero-order valence-corrected chi connectivity index (χ0v) is 13.5. The first kappa shape index (κ1) is 15.9. The van der Waals surface area contributed by atoms with Gasteiger partial charge in [0.1, 0.15) is 0 Å². The Morgan fingerprint density at radius 2 is 2.00 bits per heavy atom. The van der Waals surface area contributed by atoms with Crippen molar-refractivity contribution in [1.82, 2.24) is 10.3 Å². The lowest BCUT2D eigenvalue weighted by molar-refractivity contribution is -0.0296. The van der Waals surface area contributed by atoms with Gasteiger partial charge in [0, 0.05) is 24.9 Å². The summed E-state index contributed by atoms with van der Waals surface area (Å²) in [5.41, 5.74) is 0.966. The van der Waals surface area contributed by atoms with Crippen LogP contribution in [0, 0.1) is 0 Å². The van der Waals surface area contributed by atoms with Crippen molar-refractivity contribution in [3.05, 3.63) is 42.2 Å². The molecule has 0 bridgehead atoms. The predicted octanol–water partition coefficient (Wildman–Crippen LogP) is 4.09. The average molecular weight is 286 g/mol. The second kappa shape index (κ2) is 7.01.